The van der Waals surface area contributed by atoms with E-state index in [4.69, 9.17) is 11.6 Å². The third-order valence-electron chi connectivity index (χ3n) is 2.91. The Balaban J connectivity index is 2.46. The number of fused-ring (bicyclic) bond motifs is 1. The summed E-state index contributed by atoms with van der Waals surface area (Å²) in [6.45, 7) is 2.22. The van der Waals surface area contributed by atoms with Crippen molar-refractivity contribution >= 4 is 27.4 Å². The number of nitrogens with one attached hydrogen (secondary N) is 1. The number of halogens is 1. The van der Waals surface area contributed by atoms with E-state index in [1.54, 1.807) is 6.07 Å². The zero-order chi connectivity index (χ0) is 13.3. The van der Waals surface area contributed by atoms with Crippen molar-refractivity contribution in [3.8, 4) is 0 Å². The Kier molecular flexibility index (Phi) is 3.75. The molecule has 0 amide bonds. The van der Waals surface area contributed by atoms with Gasteiger partial charge in [0.2, 0.25) is 10.0 Å². The van der Waals surface area contributed by atoms with Crippen molar-refractivity contribution in [1.82, 2.24) is 4.72 Å². The van der Waals surface area contributed by atoms with Gasteiger partial charge in [-0.25, -0.2) is 13.1 Å². The molecule has 0 aliphatic heterocycles. The fraction of sp³-hybridized carbons (Fsp3) is 0.417. The number of carbonyl (C=O) groups excluding carboxylic acids is 1. The second-order valence-corrected chi connectivity index (χ2v) is 6.40. The Bertz CT molecular complexity index is 596. The predicted octanol–water partition coefficient (Wildman–Crippen LogP) is 2.16. The standard InChI is InChI=1S/C12H14ClNO3S/c1-2-5-14-18(16,17)12-7-9-8(6-10(12)13)3-4-11(9)15/h6-7,14H,2-5H2,1H3. The SMILES string of the molecule is CCCNS(=O)(=O)c1cc2c(cc1Cl)CCC2=O. The van der Waals surface area contributed by atoms with Gasteiger partial charge in [-0.3, -0.25) is 4.79 Å². The molecule has 0 saturated heterocycles. The Morgan fingerprint density at radius 1 is 1.33 bits per heavy atom. The molecule has 0 saturated carbocycles. The number of benzene rings is 1. The van der Waals surface area contributed by atoms with Gasteiger partial charge in [-0.2, -0.15) is 0 Å². The average molecular weight is 288 g/mol. The molecule has 0 aromatic heterocycles. The van der Waals surface area contributed by atoms with Crippen LogP contribution >= 0.6 is 11.6 Å². The second-order valence-electron chi connectivity index (χ2n) is 4.26. The Morgan fingerprint density at radius 3 is 2.72 bits per heavy atom. The fourth-order valence-corrected chi connectivity index (χ4v) is 3.67. The number of rotatable bonds is 4. The summed E-state index contributed by atoms with van der Waals surface area (Å²) < 4.78 is 26.5. The molecular formula is C12H14ClNO3S. The summed E-state index contributed by atoms with van der Waals surface area (Å²) in [5, 5.41) is 0.173. The van der Waals surface area contributed by atoms with E-state index in [9.17, 15) is 13.2 Å². The van der Waals surface area contributed by atoms with Crippen molar-refractivity contribution < 1.29 is 13.2 Å². The topological polar surface area (TPSA) is 63.2 Å². The quantitative estimate of drug-likeness (QED) is 0.923. The lowest BCUT2D eigenvalue weighted by Gasteiger charge is -2.09. The summed E-state index contributed by atoms with van der Waals surface area (Å²) in [5.74, 6) is -0.0198. The molecule has 6 heteroatoms. The molecule has 0 spiro atoms. The highest BCUT2D eigenvalue weighted by Crippen LogP contribution is 2.30. The van der Waals surface area contributed by atoms with E-state index in [-0.39, 0.29) is 15.7 Å². The molecule has 2 rings (SSSR count). The monoisotopic (exact) mass is 287 g/mol. The molecule has 1 aromatic carbocycles. The molecule has 1 aromatic rings. The van der Waals surface area contributed by atoms with E-state index in [1.807, 2.05) is 6.92 Å². The van der Waals surface area contributed by atoms with Gasteiger partial charge in [0.25, 0.3) is 0 Å². The van der Waals surface area contributed by atoms with Gasteiger partial charge in [0.15, 0.2) is 5.78 Å². The van der Waals surface area contributed by atoms with Crippen LogP contribution in [0.4, 0.5) is 0 Å². The van der Waals surface area contributed by atoms with Crippen LogP contribution in [0, 0.1) is 0 Å². The molecule has 0 heterocycles. The minimum absolute atomic E-state index is 0.00776. The van der Waals surface area contributed by atoms with Crippen LogP contribution in [0.25, 0.3) is 0 Å². The maximum Gasteiger partial charge on any atom is 0.242 e. The first-order valence-corrected chi connectivity index (χ1v) is 7.67. The van der Waals surface area contributed by atoms with Crippen molar-refractivity contribution in [2.24, 2.45) is 0 Å². The molecule has 0 fully saturated rings. The van der Waals surface area contributed by atoms with Crippen LogP contribution in [0.5, 0.6) is 0 Å². The normalized spacial score (nSPS) is 14.9. The molecule has 0 bridgehead atoms. The fourth-order valence-electron chi connectivity index (χ4n) is 1.96. The number of sulfonamides is 1. The molecule has 1 aliphatic rings. The first-order chi connectivity index (χ1) is 8.45. The van der Waals surface area contributed by atoms with Crippen LogP contribution in [0.2, 0.25) is 5.02 Å². The van der Waals surface area contributed by atoms with E-state index in [0.29, 0.717) is 31.4 Å². The highest BCUT2D eigenvalue weighted by Gasteiger charge is 2.25. The van der Waals surface area contributed by atoms with Crippen molar-refractivity contribution in [1.29, 1.82) is 0 Å². The second kappa shape index (κ2) is 4.99. The minimum atomic E-state index is -3.63. The molecule has 98 valence electrons. The zero-order valence-electron chi connectivity index (χ0n) is 9.99. The van der Waals surface area contributed by atoms with E-state index in [2.05, 4.69) is 4.72 Å². The number of aryl methyl sites for hydroxylation is 1. The molecule has 18 heavy (non-hydrogen) atoms. The van der Waals surface area contributed by atoms with Crippen molar-refractivity contribution in [3.05, 3.63) is 28.3 Å². The Morgan fingerprint density at radius 2 is 2.06 bits per heavy atom. The lowest BCUT2D eigenvalue weighted by molar-refractivity contribution is 0.0994. The summed E-state index contributed by atoms with van der Waals surface area (Å²) in [6, 6.07) is 2.98. The summed E-state index contributed by atoms with van der Waals surface area (Å²) in [5.41, 5.74) is 1.32. The largest absolute Gasteiger partial charge is 0.294 e. The highest BCUT2D eigenvalue weighted by atomic mass is 35.5. The zero-order valence-corrected chi connectivity index (χ0v) is 11.6. The van der Waals surface area contributed by atoms with Gasteiger partial charge < -0.3 is 0 Å². The minimum Gasteiger partial charge on any atom is -0.294 e. The van der Waals surface area contributed by atoms with Crippen molar-refractivity contribution in [2.75, 3.05) is 6.54 Å². The van der Waals surface area contributed by atoms with Crippen LogP contribution in [0.3, 0.4) is 0 Å². The Hall–Kier alpha value is -0.910. The third-order valence-corrected chi connectivity index (χ3v) is 4.84. The number of Topliss-reactive ketones (excluding diaryl/α,β-unsaturated/α-hetero) is 1. The first-order valence-electron chi connectivity index (χ1n) is 5.81. The van der Waals surface area contributed by atoms with Crippen LogP contribution in [-0.4, -0.2) is 20.7 Å². The van der Waals surface area contributed by atoms with Gasteiger partial charge in [0.05, 0.1) is 5.02 Å². The molecule has 0 atom stereocenters. The number of carbonyl (C=O) groups is 1. The van der Waals surface area contributed by atoms with Crippen molar-refractivity contribution in [2.45, 2.75) is 31.1 Å². The van der Waals surface area contributed by atoms with Crippen molar-refractivity contribution in [3.63, 3.8) is 0 Å². The molecule has 1 N–H and O–H groups in total. The van der Waals surface area contributed by atoms with E-state index in [1.165, 1.54) is 6.07 Å². The first kappa shape index (κ1) is 13.5. The average Bonchev–Trinajstić information content (AvgIpc) is 2.67. The number of ketones is 1. The molecule has 0 unspecified atom stereocenters. The lowest BCUT2D eigenvalue weighted by Crippen LogP contribution is -2.25. The maximum atomic E-state index is 12.0. The van der Waals surface area contributed by atoms with E-state index in [0.717, 1.165) is 5.56 Å². The lowest BCUT2D eigenvalue weighted by atomic mass is 10.1. The maximum absolute atomic E-state index is 12.0. The van der Waals surface area contributed by atoms with E-state index < -0.39 is 10.0 Å². The highest BCUT2D eigenvalue weighted by molar-refractivity contribution is 7.89. The summed E-state index contributed by atoms with van der Waals surface area (Å²) in [4.78, 5) is 11.6. The van der Waals surface area contributed by atoms with Crippen LogP contribution < -0.4 is 4.72 Å². The van der Waals surface area contributed by atoms with Gasteiger partial charge in [0, 0.05) is 18.5 Å². The van der Waals surface area contributed by atoms with Gasteiger partial charge >= 0.3 is 0 Å². The Labute approximate surface area is 111 Å². The van der Waals surface area contributed by atoms with Gasteiger partial charge in [-0.05, 0) is 30.5 Å². The van der Waals surface area contributed by atoms with Gasteiger partial charge in [-0.15, -0.1) is 0 Å². The molecular weight excluding hydrogens is 274 g/mol. The number of hydrogen-bond donors (Lipinski definition) is 1. The van der Waals surface area contributed by atoms with Crippen LogP contribution in [0.1, 0.15) is 35.7 Å². The molecule has 1 aliphatic carbocycles. The number of hydrogen-bond acceptors (Lipinski definition) is 3. The summed E-state index contributed by atoms with van der Waals surface area (Å²) in [7, 11) is -3.63. The van der Waals surface area contributed by atoms with Gasteiger partial charge in [-0.1, -0.05) is 18.5 Å². The van der Waals surface area contributed by atoms with E-state index >= 15 is 0 Å². The van der Waals surface area contributed by atoms with Crippen LogP contribution in [-0.2, 0) is 16.4 Å². The van der Waals surface area contributed by atoms with Crippen LogP contribution in [0.15, 0.2) is 17.0 Å². The third kappa shape index (κ3) is 2.43. The molecule has 0 radical (unpaired) electrons. The predicted molar refractivity (Wildman–Crippen MR) is 69.6 cm³/mol. The molecule has 4 nitrogen and oxygen atoms in total. The summed E-state index contributed by atoms with van der Waals surface area (Å²) >= 11 is 5.99. The smallest absolute Gasteiger partial charge is 0.242 e. The van der Waals surface area contributed by atoms with Gasteiger partial charge in [0.1, 0.15) is 4.90 Å². The summed E-state index contributed by atoms with van der Waals surface area (Å²) in [6.07, 6.45) is 1.76.